The SMILES string of the molecule is CC(=O)NCC(=O)O.CC1=N/C(=C/N(C)C)C(=O)O1.F.O=P(Cl)(Cl)Cl.[2H]CF. The molecule has 0 saturated carbocycles. The fraction of sp³-hybridized carbons (Fsp3) is 0.500. The van der Waals surface area contributed by atoms with Crippen LogP contribution in [0.25, 0.3) is 0 Å². The van der Waals surface area contributed by atoms with Gasteiger partial charge in [-0.05, 0) is 33.7 Å². The van der Waals surface area contributed by atoms with Gasteiger partial charge in [-0.25, -0.2) is 9.79 Å². The van der Waals surface area contributed by atoms with Gasteiger partial charge in [0, 0.05) is 34.1 Å². The number of carbonyl (C=O) groups excluding carboxylic acids is 2. The van der Waals surface area contributed by atoms with Crippen LogP contribution in [-0.4, -0.2) is 61.5 Å². The lowest BCUT2D eigenvalue weighted by Gasteiger charge is -2.02. The van der Waals surface area contributed by atoms with Gasteiger partial charge in [-0.1, -0.05) is 0 Å². The molecule has 1 rings (SSSR count). The number of amides is 1. The largest absolute Gasteiger partial charge is 0.480 e. The summed E-state index contributed by atoms with van der Waals surface area (Å²) in [5.74, 6) is -1.33. The van der Waals surface area contributed by atoms with Crippen molar-refractivity contribution in [2.24, 2.45) is 4.99 Å². The van der Waals surface area contributed by atoms with Gasteiger partial charge in [-0.3, -0.25) is 23.2 Å². The normalized spacial score (nSPS) is 13.5. The number of hydrogen-bond donors (Lipinski definition) is 2. The Bertz CT molecular complexity index is 583. The molecule has 1 heterocycles. The van der Waals surface area contributed by atoms with Crippen molar-refractivity contribution >= 4 is 62.7 Å². The molecule has 2 N–H and O–H groups in total. The van der Waals surface area contributed by atoms with E-state index in [1.165, 1.54) is 6.92 Å². The average molecular weight is 480 g/mol. The minimum atomic E-state index is -3.22. The maximum absolute atomic E-state index is 10.9. The molecule has 0 aromatic heterocycles. The highest BCUT2D eigenvalue weighted by molar-refractivity contribution is 8.24. The van der Waals surface area contributed by atoms with Crippen LogP contribution < -0.4 is 5.32 Å². The molecule has 0 unspecified atom stereocenters. The molecule has 1 aliphatic rings. The van der Waals surface area contributed by atoms with Gasteiger partial charge in [-0.15, -0.1) is 0 Å². The summed E-state index contributed by atoms with van der Waals surface area (Å²) in [5.41, 5.74) is 0.354. The zero-order valence-electron chi connectivity index (χ0n) is 15.7. The number of hydrogen-bond acceptors (Lipinski definition) is 7. The average Bonchev–Trinajstić information content (AvgIpc) is 2.73. The highest BCUT2D eigenvalue weighted by atomic mass is 36.0. The van der Waals surface area contributed by atoms with E-state index in [1.807, 2.05) is 14.1 Å². The molecule has 0 saturated heterocycles. The number of halogens is 5. The second kappa shape index (κ2) is 18.0. The Balaban J connectivity index is -0.000000150. The van der Waals surface area contributed by atoms with Crippen molar-refractivity contribution in [3.8, 4) is 0 Å². The summed E-state index contributed by atoms with van der Waals surface area (Å²) in [6, 6.07) is 0. The van der Waals surface area contributed by atoms with Gasteiger partial charge in [0.1, 0.15) is 6.54 Å². The van der Waals surface area contributed by atoms with Crippen molar-refractivity contribution < 1.29 is 39.3 Å². The summed E-state index contributed by atoms with van der Waals surface area (Å²) < 4.78 is 29.7. The van der Waals surface area contributed by atoms with E-state index in [2.05, 4.69) is 44.0 Å². The van der Waals surface area contributed by atoms with Crippen molar-refractivity contribution in [3.63, 3.8) is 0 Å². The van der Waals surface area contributed by atoms with Crippen LogP contribution in [0.15, 0.2) is 16.9 Å². The van der Waals surface area contributed by atoms with E-state index in [0.29, 0.717) is 11.6 Å². The van der Waals surface area contributed by atoms with E-state index in [0.717, 1.165) is 0 Å². The number of carbonyl (C=O) groups is 3. The Hall–Kier alpha value is -1.42. The van der Waals surface area contributed by atoms with Crippen LogP contribution in [0, 0.1) is 0 Å². The fourth-order valence-corrected chi connectivity index (χ4v) is 0.951. The first-order chi connectivity index (χ1) is 12.1. The van der Waals surface area contributed by atoms with E-state index >= 15 is 0 Å². The zero-order chi connectivity index (χ0) is 22.2. The lowest BCUT2D eigenvalue weighted by molar-refractivity contribution is -0.137. The van der Waals surface area contributed by atoms with Crippen molar-refractivity contribution in [2.75, 3.05) is 27.8 Å². The standard InChI is InChI=1S/C7H10N2O2.C4H7NO3.CH3F.Cl3OP.FH/c1-5-8-6(4-9(2)3)7(10)11-5;1-3(6)5-2-4(7)8;1-2;1-5(2,3)4;/h4H,1-3H3;2H2,1H3,(H,5,6)(H,7,8);1H3;;1H/b6-4+;;;;/i;;1D;;. The molecular weight excluding hydrogens is 457 g/mol. The second-order valence-electron chi connectivity index (χ2n) is 4.20. The van der Waals surface area contributed by atoms with Crippen LogP contribution in [0.1, 0.15) is 15.2 Å². The van der Waals surface area contributed by atoms with E-state index in [1.54, 1.807) is 18.0 Å². The third-order valence-corrected chi connectivity index (χ3v) is 1.60. The van der Waals surface area contributed by atoms with Gasteiger partial charge in [0.25, 0.3) is 0 Å². The molecule has 0 atom stereocenters. The molecule has 160 valence electrons. The van der Waals surface area contributed by atoms with Crippen molar-refractivity contribution in [2.45, 2.75) is 13.8 Å². The molecule has 1 aliphatic heterocycles. The Kier molecular flexibility index (Phi) is 20.2. The molecule has 0 bridgehead atoms. The van der Waals surface area contributed by atoms with Gasteiger partial charge in [0.15, 0.2) is 11.6 Å². The van der Waals surface area contributed by atoms with E-state index in [9.17, 15) is 23.3 Å². The third kappa shape index (κ3) is 32.7. The molecule has 0 radical (unpaired) electrons. The Morgan fingerprint density at radius 2 is 1.85 bits per heavy atom. The molecule has 0 fully saturated rings. The maximum Gasteiger partial charge on any atom is 0.365 e. The van der Waals surface area contributed by atoms with Crippen molar-refractivity contribution in [3.05, 3.63) is 11.9 Å². The lowest BCUT2D eigenvalue weighted by Crippen LogP contribution is -2.26. The number of esters is 1. The second-order valence-corrected chi connectivity index (χ2v) is 10.8. The highest BCUT2D eigenvalue weighted by Crippen LogP contribution is 2.61. The predicted molar refractivity (Wildman–Crippen MR) is 102 cm³/mol. The number of aliphatic carboxylic acids is 1. The van der Waals surface area contributed by atoms with Crippen LogP contribution in [0.2, 0.25) is 0 Å². The smallest absolute Gasteiger partial charge is 0.365 e. The monoisotopic (exact) mass is 478 g/mol. The topological polar surface area (TPSA) is 125 Å². The van der Waals surface area contributed by atoms with Crippen LogP contribution in [0.5, 0.6) is 0 Å². The number of ether oxygens (including phenoxy) is 1. The van der Waals surface area contributed by atoms with Crippen LogP contribution in [0.4, 0.5) is 9.09 Å². The zero-order valence-corrected chi connectivity index (χ0v) is 17.9. The predicted octanol–water partition coefficient (Wildman–Crippen LogP) is 3.12. The number of cyclic esters (lactones) is 1. The van der Waals surface area contributed by atoms with Gasteiger partial charge in [0.05, 0.1) is 8.52 Å². The van der Waals surface area contributed by atoms with Crippen molar-refractivity contribution in [1.82, 2.24) is 10.2 Å². The summed E-state index contributed by atoms with van der Waals surface area (Å²) >= 11 is 13.8. The first kappa shape index (κ1) is 30.3. The maximum atomic E-state index is 10.9. The Labute approximate surface area is 171 Å². The molecule has 0 aromatic rings. The molecule has 15 heteroatoms. The number of carboxylic acids is 1. The number of alkyl halides is 1. The Morgan fingerprint density at radius 1 is 1.44 bits per heavy atom. The van der Waals surface area contributed by atoms with E-state index in [-0.39, 0.29) is 23.1 Å². The highest BCUT2D eigenvalue weighted by Gasteiger charge is 2.19. The Morgan fingerprint density at radius 3 is 2.04 bits per heavy atom. The summed E-state index contributed by atoms with van der Waals surface area (Å²) in [4.78, 5) is 36.2. The lowest BCUT2D eigenvalue weighted by atomic mass is 10.5. The first-order valence-electron chi connectivity index (χ1n) is 7.00. The molecule has 1 amide bonds. The van der Waals surface area contributed by atoms with Crippen LogP contribution >= 0.6 is 38.9 Å². The van der Waals surface area contributed by atoms with Crippen LogP contribution in [0.3, 0.4) is 0 Å². The first-order valence-corrected chi connectivity index (χ1v) is 10.7. The number of aliphatic imine (C=N–C) groups is 1. The molecular formula is C12H21Cl3F2N3O6P. The number of carboxylic acid groups (broad SMARTS) is 1. The van der Waals surface area contributed by atoms with E-state index < -0.39 is 18.3 Å². The number of rotatable bonds is 3. The quantitative estimate of drug-likeness (QED) is 0.362. The minimum absolute atomic E-state index is 0. The van der Waals surface area contributed by atoms with Crippen molar-refractivity contribution in [1.29, 1.82) is 0 Å². The molecule has 9 nitrogen and oxygen atoms in total. The molecule has 0 aliphatic carbocycles. The molecule has 0 aromatic carbocycles. The summed E-state index contributed by atoms with van der Waals surface area (Å²) in [6.07, 6.45) is 1.62. The molecule has 27 heavy (non-hydrogen) atoms. The van der Waals surface area contributed by atoms with Gasteiger partial charge in [-0.2, -0.15) is 0 Å². The molecule has 0 spiro atoms. The summed E-state index contributed by atoms with van der Waals surface area (Å²) in [6.45, 7) is 2.62. The van der Waals surface area contributed by atoms with Gasteiger partial charge < -0.3 is 20.1 Å². The summed E-state index contributed by atoms with van der Waals surface area (Å²) in [7, 11) is 2.65. The minimum Gasteiger partial charge on any atom is -0.480 e. The number of nitrogens with zero attached hydrogens (tertiary/aromatic N) is 2. The van der Waals surface area contributed by atoms with Gasteiger partial charge >= 0.3 is 17.1 Å². The fourth-order valence-electron chi connectivity index (χ4n) is 0.951. The number of nitrogens with one attached hydrogen (secondary N) is 1. The van der Waals surface area contributed by atoms with Crippen LogP contribution in [-0.2, 0) is 23.7 Å². The van der Waals surface area contributed by atoms with Gasteiger partial charge in [0.2, 0.25) is 5.91 Å². The third-order valence-electron chi connectivity index (χ3n) is 1.60. The summed E-state index contributed by atoms with van der Waals surface area (Å²) in [5, 5.41) is 6.83. The van der Waals surface area contributed by atoms with E-state index in [4.69, 9.17) is 11.2 Å².